The van der Waals surface area contributed by atoms with Crippen LogP contribution in [-0.4, -0.2) is 12.1 Å². The van der Waals surface area contributed by atoms with Gasteiger partial charge in [-0.1, -0.05) is 35.9 Å². The lowest BCUT2D eigenvalue weighted by Crippen LogP contribution is -2.17. The Morgan fingerprint density at radius 2 is 1.84 bits per heavy atom. The molecule has 19 heavy (non-hydrogen) atoms. The molecule has 0 radical (unpaired) electrons. The number of carbonyl (C=O) groups is 1. The van der Waals surface area contributed by atoms with Crippen molar-refractivity contribution in [2.24, 2.45) is 5.10 Å². The van der Waals surface area contributed by atoms with Crippen LogP contribution in [0.25, 0.3) is 0 Å². The highest BCUT2D eigenvalue weighted by Crippen LogP contribution is 2.04. The lowest BCUT2D eigenvalue weighted by Gasteiger charge is -2.00. The molecule has 1 amide bonds. The van der Waals surface area contributed by atoms with Crippen LogP contribution in [0.1, 0.15) is 21.5 Å². The van der Waals surface area contributed by atoms with E-state index in [1.807, 2.05) is 19.1 Å². The highest BCUT2D eigenvalue weighted by atomic mass is 19.1. The Hall–Kier alpha value is -2.49. The number of hydrogen-bond acceptors (Lipinski definition) is 2. The van der Waals surface area contributed by atoms with Gasteiger partial charge >= 0.3 is 0 Å². The summed E-state index contributed by atoms with van der Waals surface area (Å²) in [5, 5.41) is 3.74. The number of hydrazone groups is 1. The summed E-state index contributed by atoms with van der Waals surface area (Å²) in [5.41, 5.74) is 4.27. The minimum Gasteiger partial charge on any atom is -0.267 e. The van der Waals surface area contributed by atoms with Crippen LogP contribution < -0.4 is 5.43 Å². The summed E-state index contributed by atoms with van der Waals surface area (Å²) in [7, 11) is 0. The number of nitrogens with one attached hydrogen (secondary N) is 1. The number of halogens is 1. The first-order valence-electron chi connectivity index (χ1n) is 5.81. The fraction of sp³-hybridized carbons (Fsp3) is 0.0667. The molecular weight excluding hydrogens is 243 g/mol. The molecule has 2 rings (SSSR count). The SMILES string of the molecule is Cc1ccc(C(=O)NN=Cc2ccccc2F)cc1. The third-order valence-corrected chi connectivity index (χ3v) is 2.59. The molecule has 0 saturated carbocycles. The second-order valence-electron chi connectivity index (χ2n) is 4.09. The number of hydrogen-bond donors (Lipinski definition) is 1. The zero-order valence-electron chi connectivity index (χ0n) is 10.4. The van der Waals surface area contributed by atoms with Crippen molar-refractivity contribution >= 4 is 12.1 Å². The molecule has 0 aliphatic carbocycles. The van der Waals surface area contributed by atoms with Crippen LogP contribution in [0.2, 0.25) is 0 Å². The number of nitrogens with zero attached hydrogens (tertiary/aromatic N) is 1. The second-order valence-corrected chi connectivity index (χ2v) is 4.09. The van der Waals surface area contributed by atoms with Gasteiger partial charge in [0.15, 0.2) is 0 Å². The molecule has 0 aliphatic rings. The Kier molecular flexibility index (Phi) is 4.03. The minimum absolute atomic E-state index is 0.326. The van der Waals surface area contributed by atoms with E-state index in [1.165, 1.54) is 12.3 Å². The van der Waals surface area contributed by atoms with E-state index in [1.54, 1.807) is 30.3 Å². The highest BCUT2D eigenvalue weighted by molar-refractivity contribution is 5.94. The summed E-state index contributed by atoms with van der Waals surface area (Å²) in [6.45, 7) is 1.94. The number of carbonyl (C=O) groups excluding carboxylic acids is 1. The zero-order valence-corrected chi connectivity index (χ0v) is 10.4. The summed E-state index contributed by atoms with van der Waals surface area (Å²) in [6, 6.07) is 13.3. The number of amides is 1. The van der Waals surface area contributed by atoms with Gasteiger partial charge in [0.05, 0.1) is 6.21 Å². The average molecular weight is 256 g/mol. The molecule has 0 spiro atoms. The maximum Gasteiger partial charge on any atom is 0.271 e. The van der Waals surface area contributed by atoms with Gasteiger partial charge in [0.2, 0.25) is 0 Å². The predicted molar refractivity (Wildman–Crippen MR) is 72.6 cm³/mol. The molecular formula is C15H13FN2O. The summed E-state index contributed by atoms with van der Waals surface area (Å²) in [5.74, 6) is -0.705. The molecule has 96 valence electrons. The molecule has 0 atom stereocenters. The van der Waals surface area contributed by atoms with E-state index in [0.717, 1.165) is 5.56 Å². The van der Waals surface area contributed by atoms with Gasteiger partial charge in [-0.2, -0.15) is 5.10 Å². The molecule has 1 N–H and O–H groups in total. The van der Waals surface area contributed by atoms with E-state index in [2.05, 4.69) is 10.5 Å². The van der Waals surface area contributed by atoms with Crippen molar-refractivity contribution in [2.75, 3.05) is 0 Å². The van der Waals surface area contributed by atoms with Crippen LogP contribution in [0.15, 0.2) is 53.6 Å². The van der Waals surface area contributed by atoms with Crippen molar-refractivity contribution in [3.05, 3.63) is 71.0 Å². The van der Waals surface area contributed by atoms with Gasteiger partial charge < -0.3 is 0 Å². The standard InChI is InChI=1S/C15H13FN2O/c1-11-6-8-12(9-7-11)15(19)18-17-10-13-4-2-3-5-14(13)16/h2-10H,1H3,(H,18,19). The fourth-order valence-electron chi connectivity index (χ4n) is 1.51. The summed E-state index contributed by atoms with van der Waals surface area (Å²) in [6.07, 6.45) is 1.28. The van der Waals surface area contributed by atoms with Crippen molar-refractivity contribution in [3.8, 4) is 0 Å². The van der Waals surface area contributed by atoms with Gasteiger partial charge in [-0.25, -0.2) is 9.82 Å². The van der Waals surface area contributed by atoms with Crippen LogP contribution in [0.4, 0.5) is 4.39 Å². The molecule has 0 aliphatic heterocycles. The fourth-order valence-corrected chi connectivity index (χ4v) is 1.51. The van der Waals surface area contributed by atoms with E-state index < -0.39 is 0 Å². The Bertz CT molecular complexity index is 606. The number of rotatable bonds is 3. The van der Waals surface area contributed by atoms with Crippen LogP contribution in [0.3, 0.4) is 0 Å². The Balaban J connectivity index is 2.01. The van der Waals surface area contributed by atoms with Crippen LogP contribution in [0, 0.1) is 12.7 Å². The van der Waals surface area contributed by atoms with Crippen LogP contribution in [-0.2, 0) is 0 Å². The lowest BCUT2D eigenvalue weighted by atomic mass is 10.1. The first-order valence-corrected chi connectivity index (χ1v) is 5.81. The average Bonchev–Trinajstić information content (AvgIpc) is 2.41. The number of benzene rings is 2. The molecule has 0 saturated heterocycles. The van der Waals surface area contributed by atoms with Crippen molar-refractivity contribution in [3.63, 3.8) is 0 Å². The van der Waals surface area contributed by atoms with E-state index in [9.17, 15) is 9.18 Å². The monoisotopic (exact) mass is 256 g/mol. The second kappa shape index (κ2) is 5.91. The van der Waals surface area contributed by atoms with Gasteiger partial charge in [-0.3, -0.25) is 4.79 Å². The van der Waals surface area contributed by atoms with E-state index >= 15 is 0 Å². The Morgan fingerprint density at radius 3 is 2.53 bits per heavy atom. The Labute approximate surface area is 110 Å². The van der Waals surface area contributed by atoms with Gasteiger partial charge in [-0.15, -0.1) is 0 Å². The third kappa shape index (κ3) is 3.48. The molecule has 0 bridgehead atoms. The van der Waals surface area contributed by atoms with Gasteiger partial charge in [0.25, 0.3) is 5.91 Å². The smallest absolute Gasteiger partial charge is 0.267 e. The zero-order chi connectivity index (χ0) is 13.7. The first kappa shape index (κ1) is 13.0. The summed E-state index contributed by atoms with van der Waals surface area (Å²) >= 11 is 0. The molecule has 0 unspecified atom stereocenters. The maximum atomic E-state index is 13.3. The summed E-state index contributed by atoms with van der Waals surface area (Å²) in [4.78, 5) is 11.7. The largest absolute Gasteiger partial charge is 0.271 e. The maximum absolute atomic E-state index is 13.3. The van der Waals surface area contributed by atoms with Crippen molar-refractivity contribution in [2.45, 2.75) is 6.92 Å². The van der Waals surface area contributed by atoms with Crippen molar-refractivity contribution in [1.82, 2.24) is 5.43 Å². The van der Waals surface area contributed by atoms with E-state index in [0.29, 0.717) is 11.1 Å². The van der Waals surface area contributed by atoms with Gasteiger partial charge in [0, 0.05) is 11.1 Å². The normalized spacial score (nSPS) is 10.6. The van der Waals surface area contributed by atoms with Crippen molar-refractivity contribution < 1.29 is 9.18 Å². The van der Waals surface area contributed by atoms with E-state index in [-0.39, 0.29) is 11.7 Å². The topological polar surface area (TPSA) is 41.5 Å². The summed E-state index contributed by atoms with van der Waals surface area (Å²) < 4.78 is 13.3. The van der Waals surface area contributed by atoms with Crippen LogP contribution in [0.5, 0.6) is 0 Å². The van der Waals surface area contributed by atoms with Crippen molar-refractivity contribution in [1.29, 1.82) is 0 Å². The molecule has 0 fully saturated rings. The predicted octanol–water partition coefficient (Wildman–Crippen LogP) is 2.90. The Morgan fingerprint density at radius 1 is 1.16 bits per heavy atom. The first-order chi connectivity index (χ1) is 9.16. The van der Waals surface area contributed by atoms with Gasteiger partial charge in [-0.05, 0) is 25.1 Å². The van der Waals surface area contributed by atoms with Crippen LogP contribution >= 0.6 is 0 Å². The van der Waals surface area contributed by atoms with Gasteiger partial charge in [0.1, 0.15) is 5.82 Å². The molecule has 0 aromatic heterocycles. The molecule has 4 heteroatoms. The molecule has 3 nitrogen and oxygen atoms in total. The number of aryl methyl sites for hydroxylation is 1. The molecule has 2 aromatic rings. The minimum atomic E-state index is -0.379. The molecule has 0 heterocycles. The molecule has 2 aromatic carbocycles. The highest BCUT2D eigenvalue weighted by Gasteiger charge is 2.03. The lowest BCUT2D eigenvalue weighted by molar-refractivity contribution is 0.0955. The third-order valence-electron chi connectivity index (χ3n) is 2.59. The quantitative estimate of drug-likeness (QED) is 0.665. The van der Waals surface area contributed by atoms with E-state index in [4.69, 9.17) is 0 Å².